The zero-order valence-corrected chi connectivity index (χ0v) is 18.4. The molecular formula is C25H29N5O2. The smallest absolute Gasteiger partial charge is 0.346 e. The molecule has 2 aromatic carbocycles. The predicted octanol–water partition coefficient (Wildman–Crippen LogP) is 4.38. The summed E-state index contributed by atoms with van der Waals surface area (Å²) < 4.78 is 13.2. The Labute approximate surface area is 188 Å². The topological polar surface area (TPSA) is 74.1 Å². The monoisotopic (exact) mass is 431 g/mol. The molecule has 7 nitrogen and oxygen atoms in total. The number of hydrogen-bond donors (Lipinski definition) is 1. The summed E-state index contributed by atoms with van der Waals surface area (Å²) in [5, 5.41) is 15.8. The lowest BCUT2D eigenvalue weighted by Gasteiger charge is -2.54. The van der Waals surface area contributed by atoms with E-state index in [2.05, 4.69) is 33.0 Å². The molecule has 0 atom stereocenters. The maximum atomic E-state index is 6.03. The van der Waals surface area contributed by atoms with Gasteiger partial charge >= 0.3 is 6.01 Å². The van der Waals surface area contributed by atoms with E-state index < -0.39 is 0 Å². The highest BCUT2D eigenvalue weighted by atomic mass is 16.5. The first-order valence-electron chi connectivity index (χ1n) is 11.7. The lowest BCUT2D eigenvalue weighted by molar-refractivity contribution is -0.0142. The molecule has 4 saturated carbocycles. The van der Waals surface area contributed by atoms with Crippen molar-refractivity contribution in [3.63, 3.8) is 0 Å². The Hall–Kier alpha value is -2.93. The number of tetrazole rings is 1. The summed E-state index contributed by atoms with van der Waals surface area (Å²) in [6.07, 6.45) is 7.20. The van der Waals surface area contributed by atoms with Crippen molar-refractivity contribution in [3.8, 4) is 23.2 Å². The van der Waals surface area contributed by atoms with Crippen LogP contribution in [-0.4, -0.2) is 33.4 Å². The summed E-state index contributed by atoms with van der Waals surface area (Å²) in [6, 6.07) is 16.7. The van der Waals surface area contributed by atoms with Crippen molar-refractivity contribution in [2.75, 3.05) is 7.11 Å². The van der Waals surface area contributed by atoms with Crippen LogP contribution >= 0.6 is 0 Å². The third-order valence-corrected chi connectivity index (χ3v) is 7.64. The summed E-state index contributed by atoms with van der Waals surface area (Å²) in [5.74, 6) is 5.01. The zero-order valence-electron chi connectivity index (χ0n) is 18.4. The van der Waals surface area contributed by atoms with Crippen molar-refractivity contribution >= 4 is 0 Å². The first-order chi connectivity index (χ1) is 15.8. The number of nitrogens with zero attached hydrogens (tertiary/aromatic N) is 4. The Bertz CT molecular complexity index is 1050. The van der Waals surface area contributed by atoms with Crippen LogP contribution < -0.4 is 14.8 Å². The summed E-state index contributed by atoms with van der Waals surface area (Å²) in [4.78, 5) is 0. The molecule has 4 fully saturated rings. The van der Waals surface area contributed by atoms with Crippen LogP contribution in [0.25, 0.3) is 5.69 Å². The number of ether oxygens (including phenoxy) is 2. The summed E-state index contributed by atoms with van der Waals surface area (Å²) in [5.41, 5.74) is 2.04. The lowest BCUT2D eigenvalue weighted by Crippen LogP contribution is -2.54. The fourth-order valence-corrected chi connectivity index (χ4v) is 6.47. The van der Waals surface area contributed by atoms with E-state index in [0.717, 1.165) is 35.9 Å². The molecule has 0 unspecified atom stereocenters. The van der Waals surface area contributed by atoms with Gasteiger partial charge in [0.25, 0.3) is 0 Å². The second-order valence-corrected chi connectivity index (χ2v) is 9.63. The molecule has 4 aliphatic carbocycles. The Balaban J connectivity index is 1.16. The number of rotatable bonds is 7. The van der Waals surface area contributed by atoms with E-state index in [4.69, 9.17) is 9.47 Å². The maximum Gasteiger partial charge on any atom is 0.346 e. The van der Waals surface area contributed by atoms with Gasteiger partial charge in [-0.3, -0.25) is 0 Å². The first kappa shape index (κ1) is 19.7. The average Bonchev–Trinajstić information content (AvgIpc) is 3.27. The van der Waals surface area contributed by atoms with Crippen molar-refractivity contribution in [1.29, 1.82) is 0 Å². The third kappa shape index (κ3) is 3.64. The minimum Gasteiger partial charge on any atom is -0.493 e. The lowest BCUT2D eigenvalue weighted by atomic mass is 9.54. The molecule has 166 valence electrons. The highest BCUT2D eigenvalue weighted by Gasteiger charge is 2.47. The molecule has 7 rings (SSSR count). The first-order valence-corrected chi connectivity index (χ1v) is 11.7. The van der Waals surface area contributed by atoms with E-state index in [1.807, 2.05) is 36.4 Å². The molecule has 1 aromatic heterocycles. The minimum atomic E-state index is 0.300. The number of methoxy groups -OCH3 is 1. The summed E-state index contributed by atoms with van der Waals surface area (Å²) >= 11 is 0. The molecule has 4 bridgehead atoms. The highest BCUT2D eigenvalue weighted by Crippen LogP contribution is 2.53. The van der Waals surface area contributed by atoms with Gasteiger partial charge in [-0.1, -0.05) is 29.4 Å². The van der Waals surface area contributed by atoms with E-state index in [0.29, 0.717) is 23.6 Å². The van der Waals surface area contributed by atoms with Gasteiger partial charge < -0.3 is 14.8 Å². The van der Waals surface area contributed by atoms with Gasteiger partial charge in [0.05, 0.1) is 12.8 Å². The third-order valence-electron chi connectivity index (χ3n) is 7.64. The van der Waals surface area contributed by atoms with Crippen molar-refractivity contribution in [2.24, 2.45) is 23.7 Å². The molecular weight excluding hydrogens is 402 g/mol. The van der Waals surface area contributed by atoms with Crippen LogP contribution in [0.1, 0.15) is 37.7 Å². The van der Waals surface area contributed by atoms with Gasteiger partial charge in [-0.2, -0.15) is 4.68 Å². The van der Waals surface area contributed by atoms with E-state index in [9.17, 15) is 0 Å². The number of hydrogen-bond acceptors (Lipinski definition) is 6. The summed E-state index contributed by atoms with van der Waals surface area (Å²) in [6.45, 7) is 0.853. The molecule has 0 saturated heterocycles. The fraction of sp³-hybridized carbons (Fsp3) is 0.480. The van der Waals surface area contributed by atoms with Crippen molar-refractivity contribution < 1.29 is 9.47 Å². The number of para-hydroxylation sites is 1. The Morgan fingerprint density at radius 3 is 2.41 bits per heavy atom. The van der Waals surface area contributed by atoms with Crippen LogP contribution in [0.5, 0.6) is 17.5 Å². The summed E-state index contributed by atoms with van der Waals surface area (Å²) in [7, 11) is 1.66. The van der Waals surface area contributed by atoms with Gasteiger partial charge in [-0.25, -0.2) is 0 Å². The molecule has 0 spiro atoms. The van der Waals surface area contributed by atoms with Crippen LogP contribution in [0.2, 0.25) is 0 Å². The Kier molecular flexibility index (Phi) is 5.06. The normalized spacial score (nSPS) is 28.1. The van der Waals surface area contributed by atoms with Crippen molar-refractivity contribution in [1.82, 2.24) is 25.5 Å². The maximum absolute atomic E-state index is 6.03. The average molecular weight is 432 g/mol. The van der Waals surface area contributed by atoms with Crippen LogP contribution in [0.4, 0.5) is 0 Å². The largest absolute Gasteiger partial charge is 0.493 e. The number of benzene rings is 2. The van der Waals surface area contributed by atoms with E-state index in [-0.39, 0.29) is 0 Å². The van der Waals surface area contributed by atoms with Gasteiger partial charge in [-0.05, 0) is 96.0 Å². The molecule has 7 heteroatoms. The minimum absolute atomic E-state index is 0.300. The highest BCUT2D eigenvalue weighted by molar-refractivity contribution is 5.44. The Morgan fingerprint density at radius 2 is 1.69 bits per heavy atom. The number of nitrogens with one attached hydrogen (secondary N) is 1. The predicted molar refractivity (Wildman–Crippen MR) is 120 cm³/mol. The van der Waals surface area contributed by atoms with Gasteiger partial charge in [0.1, 0.15) is 0 Å². The van der Waals surface area contributed by atoms with Crippen LogP contribution in [0.3, 0.4) is 0 Å². The van der Waals surface area contributed by atoms with E-state index in [1.54, 1.807) is 11.8 Å². The molecule has 4 aliphatic rings. The van der Waals surface area contributed by atoms with Crippen LogP contribution in [-0.2, 0) is 6.54 Å². The standard InChI is InChI=1S/C25H29N5O2/c1-31-23-14-16(15-26-24-19-10-17-9-18(12-19)13-20(24)11-17)7-8-22(23)32-25-27-28-29-30(25)21-5-3-2-4-6-21/h2-8,14,17-20,24,26H,9-13,15H2,1H3. The molecule has 0 aliphatic heterocycles. The second-order valence-electron chi connectivity index (χ2n) is 9.63. The molecule has 0 radical (unpaired) electrons. The zero-order chi connectivity index (χ0) is 21.5. The molecule has 0 amide bonds. The van der Waals surface area contributed by atoms with E-state index >= 15 is 0 Å². The number of aromatic nitrogens is 4. The van der Waals surface area contributed by atoms with Gasteiger partial charge in [0, 0.05) is 12.6 Å². The van der Waals surface area contributed by atoms with Gasteiger partial charge in [0.15, 0.2) is 11.5 Å². The van der Waals surface area contributed by atoms with Crippen molar-refractivity contribution in [2.45, 2.75) is 44.7 Å². The fourth-order valence-electron chi connectivity index (χ4n) is 6.47. The molecule has 3 aromatic rings. The SMILES string of the molecule is COc1cc(CNC2C3CC4CC(C3)CC2C4)ccc1Oc1nnnn1-c1ccccc1. The quantitative estimate of drug-likeness (QED) is 0.599. The molecule has 1 N–H and O–H groups in total. The van der Waals surface area contributed by atoms with Crippen LogP contribution in [0, 0.1) is 23.7 Å². The molecule has 1 heterocycles. The Morgan fingerprint density at radius 1 is 0.938 bits per heavy atom. The molecule has 32 heavy (non-hydrogen) atoms. The van der Waals surface area contributed by atoms with E-state index in [1.165, 1.54) is 37.7 Å². The van der Waals surface area contributed by atoms with Gasteiger partial charge in [-0.15, -0.1) is 0 Å². The second kappa shape index (κ2) is 8.20. The van der Waals surface area contributed by atoms with Crippen molar-refractivity contribution in [3.05, 3.63) is 54.1 Å². The van der Waals surface area contributed by atoms with Crippen LogP contribution in [0.15, 0.2) is 48.5 Å². The van der Waals surface area contributed by atoms with Gasteiger partial charge in [0.2, 0.25) is 0 Å².